The molecule has 2 aliphatic rings. The van der Waals surface area contributed by atoms with E-state index in [9.17, 15) is 18.3 Å². The quantitative estimate of drug-likeness (QED) is 0.184. The second-order valence-corrected chi connectivity index (χ2v) is 13.4. The highest BCUT2D eigenvalue weighted by Crippen LogP contribution is 2.43. The number of carbonyl (C=O) groups excluding carboxylic acids is 1. The fourth-order valence-electron chi connectivity index (χ4n) is 6.18. The summed E-state index contributed by atoms with van der Waals surface area (Å²) in [5.41, 5.74) is 6.96. The van der Waals surface area contributed by atoms with Gasteiger partial charge >= 0.3 is 0 Å². The second kappa shape index (κ2) is 14.5. The van der Waals surface area contributed by atoms with E-state index in [1.165, 1.54) is 45.8 Å². The number of methoxy groups -OCH3 is 1. The molecule has 0 saturated heterocycles. The normalized spacial score (nSPS) is 17.0. The van der Waals surface area contributed by atoms with Crippen molar-refractivity contribution >= 4 is 15.9 Å². The fourth-order valence-corrected chi connectivity index (χ4v) is 7.59. The largest absolute Gasteiger partial charge is 0.497 e. The number of aliphatic hydroxyl groups is 1. The molecule has 1 aliphatic carbocycles. The average molecular weight is 655 g/mol. The highest BCUT2D eigenvalue weighted by Gasteiger charge is 2.32. The number of hydrogen-bond acceptors (Lipinski definition) is 7. The SMILES string of the molecule is COc1ccc(S(=O)(=O)N(CCO)CCOC2CC(c3cccc4c3Cc3ccccc3-4)C=C(C(=O)NCc3ccccc3)O2)cc1. The van der Waals surface area contributed by atoms with E-state index in [-0.39, 0.29) is 48.8 Å². The standard InChI is InChI=1S/C37H38N2O7S/c1-44-29-14-16-30(17-15-29)47(42,43)39(18-20-40)19-21-45-36-24-28(23-35(46-36)37(41)38-25-26-8-3-2-4-9-26)32-12-7-13-33-31-11-6-5-10-27(31)22-34(32)33/h2-17,23,28,36,40H,18-22,24-25H2,1H3,(H,38,41). The van der Waals surface area contributed by atoms with Crippen LogP contribution in [-0.2, 0) is 37.3 Å². The van der Waals surface area contributed by atoms with Crippen LogP contribution in [0.25, 0.3) is 11.1 Å². The highest BCUT2D eigenvalue weighted by atomic mass is 32.2. The van der Waals surface area contributed by atoms with Gasteiger partial charge in [-0.1, -0.05) is 72.8 Å². The molecule has 2 unspecified atom stereocenters. The zero-order valence-electron chi connectivity index (χ0n) is 26.2. The summed E-state index contributed by atoms with van der Waals surface area (Å²) in [5, 5.41) is 12.6. The Labute approximate surface area is 275 Å². The van der Waals surface area contributed by atoms with Crippen LogP contribution in [-0.4, -0.2) is 63.4 Å². The molecule has 1 heterocycles. The zero-order valence-corrected chi connectivity index (χ0v) is 27.0. The Morgan fingerprint density at radius 1 is 0.936 bits per heavy atom. The molecule has 0 saturated carbocycles. The summed E-state index contributed by atoms with van der Waals surface area (Å²) in [6.45, 7) is -0.145. The van der Waals surface area contributed by atoms with Crippen molar-refractivity contribution in [3.05, 3.63) is 131 Å². The molecule has 2 N–H and O–H groups in total. The maximum Gasteiger partial charge on any atom is 0.286 e. The van der Waals surface area contributed by atoms with Gasteiger partial charge in [-0.05, 0) is 70.1 Å². The molecule has 4 aromatic carbocycles. The number of aliphatic hydroxyl groups excluding tert-OH is 1. The number of rotatable bonds is 13. The third-order valence-electron chi connectivity index (χ3n) is 8.55. The lowest BCUT2D eigenvalue weighted by atomic mass is 9.87. The van der Waals surface area contributed by atoms with Crippen molar-refractivity contribution in [2.75, 3.05) is 33.4 Å². The first kappa shape index (κ1) is 32.5. The summed E-state index contributed by atoms with van der Waals surface area (Å²) >= 11 is 0. The van der Waals surface area contributed by atoms with Crippen LogP contribution >= 0.6 is 0 Å². The number of hydrogen-bond donors (Lipinski definition) is 2. The minimum atomic E-state index is -3.91. The van der Waals surface area contributed by atoms with E-state index in [1.54, 1.807) is 12.1 Å². The first-order valence-electron chi connectivity index (χ1n) is 15.6. The lowest BCUT2D eigenvalue weighted by molar-refractivity contribution is -0.146. The van der Waals surface area contributed by atoms with E-state index in [4.69, 9.17) is 14.2 Å². The van der Waals surface area contributed by atoms with Crippen LogP contribution in [0.15, 0.2) is 114 Å². The maximum absolute atomic E-state index is 13.4. The van der Waals surface area contributed by atoms with Crippen molar-refractivity contribution < 1.29 is 32.5 Å². The van der Waals surface area contributed by atoms with Crippen LogP contribution in [0.2, 0.25) is 0 Å². The average Bonchev–Trinajstić information content (AvgIpc) is 3.49. The molecule has 0 radical (unpaired) electrons. The van der Waals surface area contributed by atoms with Crippen molar-refractivity contribution in [3.8, 4) is 16.9 Å². The van der Waals surface area contributed by atoms with Gasteiger partial charge in [-0.25, -0.2) is 8.42 Å². The van der Waals surface area contributed by atoms with Gasteiger partial charge in [0.05, 0.1) is 25.2 Å². The van der Waals surface area contributed by atoms with Crippen LogP contribution in [0.3, 0.4) is 0 Å². The molecule has 0 spiro atoms. The van der Waals surface area contributed by atoms with E-state index in [2.05, 4.69) is 29.6 Å². The number of fused-ring (bicyclic) bond motifs is 3. The molecular formula is C37H38N2O7S. The number of benzene rings is 4. The Morgan fingerprint density at radius 2 is 1.68 bits per heavy atom. The third kappa shape index (κ3) is 7.26. The van der Waals surface area contributed by atoms with Gasteiger partial charge in [-0.3, -0.25) is 4.79 Å². The number of allylic oxidation sites excluding steroid dienone is 1. The van der Waals surface area contributed by atoms with Crippen molar-refractivity contribution in [1.82, 2.24) is 9.62 Å². The molecule has 6 rings (SSSR count). The smallest absolute Gasteiger partial charge is 0.286 e. The number of carbonyl (C=O) groups is 1. The minimum absolute atomic E-state index is 0.00990. The van der Waals surface area contributed by atoms with Gasteiger partial charge in [0.1, 0.15) is 5.75 Å². The van der Waals surface area contributed by atoms with Gasteiger partial charge in [0.2, 0.25) is 16.3 Å². The monoisotopic (exact) mass is 654 g/mol. The molecule has 0 fully saturated rings. The summed E-state index contributed by atoms with van der Waals surface area (Å²) in [6.07, 6.45) is 2.30. The number of nitrogens with one attached hydrogen (secondary N) is 1. The minimum Gasteiger partial charge on any atom is -0.497 e. The molecule has 0 aromatic heterocycles. The molecule has 1 aliphatic heterocycles. The Kier molecular flexibility index (Phi) is 10.0. The summed E-state index contributed by atoms with van der Waals surface area (Å²) in [5.74, 6) is 0.169. The van der Waals surface area contributed by atoms with Crippen LogP contribution in [0.1, 0.15) is 34.6 Å². The van der Waals surface area contributed by atoms with E-state index in [0.717, 1.165) is 17.5 Å². The van der Waals surface area contributed by atoms with Gasteiger partial charge in [-0.15, -0.1) is 0 Å². The van der Waals surface area contributed by atoms with Crippen LogP contribution in [0.5, 0.6) is 5.75 Å². The Bertz CT molecular complexity index is 1840. The van der Waals surface area contributed by atoms with Crippen molar-refractivity contribution in [2.45, 2.75) is 36.5 Å². The second-order valence-electron chi connectivity index (χ2n) is 11.5. The Balaban J connectivity index is 1.21. The Morgan fingerprint density at radius 3 is 2.45 bits per heavy atom. The van der Waals surface area contributed by atoms with Gasteiger partial charge < -0.3 is 24.6 Å². The number of ether oxygens (including phenoxy) is 3. The fraction of sp³-hybridized carbons (Fsp3) is 0.270. The van der Waals surface area contributed by atoms with Crippen molar-refractivity contribution in [3.63, 3.8) is 0 Å². The molecule has 244 valence electrons. The van der Waals surface area contributed by atoms with Gasteiger partial charge in [0.15, 0.2) is 5.76 Å². The number of sulfonamides is 1. The van der Waals surface area contributed by atoms with E-state index < -0.39 is 16.3 Å². The molecule has 0 bridgehead atoms. The van der Waals surface area contributed by atoms with Crippen molar-refractivity contribution in [2.24, 2.45) is 0 Å². The molecular weight excluding hydrogens is 616 g/mol. The van der Waals surface area contributed by atoms with Gasteiger partial charge in [-0.2, -0.15) is 4.31 Å². The van der Waals surface area contributed by atoms with E-state index in [1.807, 2.05) is 54.6 Å². The molecule has 10 heteroatoms. The number of nitrogens with zero attached hydrogens (tertiary/aromatic N) is 1. The van der Waals surface area contributed by atoms with E-state index in [0.29, 0.717) is 18.7 Å². The summed E-state index contributed by atoms with van der Waals surface area (Å²) < 4.78 is 45.4. The lowest BCUT2D eigenvalue weighted by Gasteiger charge is -2.31. The highest BCUT2D eigenvalue weighted by molar-refractivity contribution is 7.89. The predicted octanol–water partition coefficient (Wildman–Crippen LogP) is 5.00. The lowest BCUT2D eigenvalue weighted by Crippen LogP contribution is -2.38. The molecule has 1 amide bonds. The number of amides is 1. The molecule has 47 heavy (non-hydrogen) atoms. The first-order chi connectivity index (χ1) is 22.9. The van der Waals surface area contributed by atoms with Crippen LogP contribution < -0.4 is 10.1 Å². The van der Waals surface area contributed by atoms with Crippen LogP contribution in [0.4, 0.5) is 0 Å². The predicted molar refractivity (Wildman–Crippen MR) is 178 cm³/mol. The summed E-state index contributed by atoms with van der Waals surface area (Å²) in [4.78, 5) is 13.5. The van der Waals surface area contributed by atoms with Gasteiger partial charge in [0.25, 0.3) is 5.91 Å². The molecule has 2 atom stereocenters. The molecule has 4 aromatic rings. The van der Waals surface area contributed by atoms with Crippen LogP contribution in [0, 0.1) is 0 Å². The summed E-state index contributed by atoms with van der Waals surface area (Å²) in [6, 6.07) is 30.4. The molecule has 9 nitrogen and oxygen atoms in total. The topological polar surface area (TPSA) is 114 Å². The first-order valence-corrected chi connectivity index (χ1v) is 17.1. The maximum atomic E-state index is 13.4. The third-order valence-corrected chi connectivity index (χ3v) is 10.5. The Hall–Kier alpha value is -4.48. The van der Waals surface area contributed by atoms with Crippen molar-refractivity contribution in [1.29, 1.82) is 0 Å². The zero-order chi connectivity index (χ0) is 32.8. The van der Waals surface area contributed by atoms with E-state index >= 15 is 0 Å². The van der Waals surface area contributed by atoms with Gasteiger partial charge in [0, 0.05) is 32.0 Å². The summed E-state index contributed by atoms with van der Waals surface area (Å²) in [7, 11) is -2.41.